The molecule has 2 aliphatic rings. The first kappa shape index (κ1) is 19.1. The molecule has 0 spiro atoms. The molecule has 0 aromatic heterocycles. The Morgan fingerprint density at radius 3 is 2.46 bits per heavy atom. The Kier molecular flexibility index (Phi) is 5.76. The molecule has 1 amide bonds. The van der Waals surface area contributed by atoms with E-state index in [1.807, 2.05) is 29.7 Å². The predicted octanol–water partition coefficient (Wildman–Crippen LogP) is 4.68. The Hall–Kier alpha value is -2.21. The molecule has 28 heavy (non-hydrogen) atoms. The first-order chi connectivity index (χ1) is 13.6. The van der Waals surface area contributed by atoms with E-state index < -0.39 is 0 Å². The van der Waals surface area contributed by atoms with Gasteiger partial charge in [-0.05, 0) is 54.4 Å². The van der Waals surface area contributed by atoms with Gasteiger partial charge in [0, 0.05) is 48.8 Å². The van der Waals surface area contributed by atoms with Crippen molar-refractivity contribution in [1.82, 2.24) is 4.90 Å². The number of amides is 1. The second-order valence-corrected chi connectivity index (χ2v) is 8.30. The summed E-state index contributed by atoms with van der Waals surface area (Å²) in [7, 11) is 2.15. The Bertz CT molecular complexity index is 918. The van der Waals surface area contributed by atoms with Crippen LogP contribution in [0.5, 0.6) is 0 Å². The van der Waals surface area contributed by atoms with E-state index in [-0.39, 0.29) is 5.91 Å². The normalized spacial score (nSPS) is 19.5. The van der Waals surface area contributed by atoms with Crippen LogP contribution in [-0.2, 0) is 4.79 Å². The molecule has 0 bridgehead atoms. The van der Waals surface area contributed by atoms with Crippen LogP contribution in [0.25, 0.3) is 6.08 Å². The van der Waals surface area contributed by atoms with Gasteiger partial charge in [-0.15, -0.1) is 0 Å². The molecule has 4 rings (SSSR count). The number of nitrogens with zero attached hydrogens (tertiary/aromatic N) is 3. The molecule has 6 heteroatoms. The van der Waals surface area contributed by atoms with Gasteiger partial charge < -0.3 is 9.80 Å². The molecule has 2 aliphatic heterocycles. The van der Waals surface area contributed by atoms with E-state index in [2.05, 4.69) is 35.0 Å². The number of para-hydroxylation sites is 1. The number of carbonyl (C=O) groups excluding carboxylic acids is 1. The number of carbonyl (C=O) groups is 1. The number of thioether (sulfide) groups is 1. The smallest absolute Gasteiger partial charge is 0.269 e. The van der Waals surface area contributed by atoms with Crippen molar-refractivity contribution in [3.63, 3.8) is 0 Å². The van der Waals surface area contributed by atoms with E-state index in [9.17, 15) is 4.79 Å². The van der Waals surface area contributed by atoms with Gasteiger partial charge in [0.2, 0.25) is 0 Å². The minimum atomic E-state index is -0.0250. The standard InChI is InChI=1S/C22H22ClN3OS/c1-24-10-12-25(13-11-24)20-5-3-2-4-17(20)16-21-22(27)26(14-15-28-21)19-8-6-18(23)7-9-19/h2-9,14-16H,10-13H2,1H3/b21-16-. The molecule has 2 heterocycles. The van der Waals surface area contributed by atoms with Gasteiger partial charge in [0.05, 0.1) is 4.91 Å². The van der Waals surface area contributed by atoms with E-state index in [1.54, 1.807) is 23.2 Å². The number of anilines is 2. The lowest BCUT2D eigenvalue weighted by atomic mass is 10.1. The highest BCUT2D eigenvalue weighted by molar-refractivity contribution is 8.07. The van der Waals surface area contributed by atoms with Gasteiger partial charge >= 0.3 is 0 Å². The Morgan fingerprint density at radius 1 is 1.00 bits per heavy atom. The summed E-state index contributed by atoms with van der Waals surface area (Å²) in [4.78, 5) is 20.2. The van der Waals surface area contributed by atoms with Crippen LogP contribution in [0.2, 0.25) is 5.02 Å². The third-order valence-electron chi connectivity index (χ3n) is 5.01. The predicted molar refractivity (Wildman–Crippen MR) is 120 cm³/mol. The number of piperazine rings is 1. The fraction of sp³-hybridized carbons (Fsp3) is 0.227. The largest absolute Gasteiger partial charge is 0.368 e. The molecule has 144 valence electrons. The van der Waals surface area contributed by atoms with Crippen molar-refractivity contribution in [2.24, 2.45) is 0 Å². The summed E-state index contributed by atoms with van der Waals surface area (Å²) >= 11 is 7.44. The summed E-state index contributed by atoms with van der Waals surface area (Å²) in [5.41, 5.74) is 3.07. The molecule has 2 aromatic carbocycles. The van der Waals surface area contributed by atoms with Crippen LogP contribution in [0.3, 0.4) is 0 Å². The van der Waals surface area contributed by atoms with Crippen LogP contribution in [-0.4, -0.2) is 44.0 Å². The highest BCUT2D eigenvalue weighted by Crippen LogP contribution is 2.33. The van der Waals surface area contributed by atoms with E-state index in [0.717, 1.165) is 37.4 Å². The fourth-order valence-electron chi connectivity index (χ4n) is 3.39. The lowest BCUT2D eigenvalue weighted by molar-refractivity contribution is -0.113. The van der Waals surface area contributed by atoms with Gasteiger partial charge in [-0.1, -0.05) is 41.6 Å². The van der Waals surface area contributed by atoms with Gasteiger partial charge in [0.15, 0.2) is 0 Å². The molecular weight excluding hydrogens is 390 g/mol. The molecule has 0 saturated carbocycles. The number of benzene rings is 2. The molecule has 0 aliphatic carbocycles. The number of hydrogen-bond acceptors (Lipinski definition) is 4. The summed E-state index contributed by atoms with van der Waals surface area (Å²) in [5, 5.41) is 2.60. The average Bonchev–Trinajstić information content (AvgIpc) is 2.71. The lowest BCUT2D eigenvalue weighted by Crippen LogP contribution is -2.44. The Labute approximate surface area is 175 Å². The van der Waals surface area contributed by atoms with Gasteiger partial charge in [0.25, 0.3) is 5.91 Å². The summed E-state index contributed by atoms with van der Waals surface area (Å²) in [6, 6.07) is 15.6. The van der Waals surface area contributed by atoms with Crippen molar-refractivity contribution in [2.45, 2.75) is 0 Å². The zero-order valence-corrected chi connectivity index (χ0v) is 17.3. The van der Waals surface area contributed by atoms with Crippen LogP contribution in [0, 0.1) is 0 Å². The average molecular weight is 412 g/mol. The second kappa shape index (κ2) is 8.43. The van der Waals surface area contributed by atoms with Crippen LogP contribution in [0.4, 0.5) is 11.4 Å². The minimum Gasteiger partial charge on any atom is -0.368 e. The van der Waals surface area contributed by atoms with E-state index >= 15 is 0 Å². The summed E-state index contributed by atoms with van der Waals surface area (Å²) < 4.78 is 0. The summed E-state index contributed by atoms with van der Waals surface area (Å²) in [6.45, 7) is 4.08. The maximum atomic E-state index is 13.1. The molecule has 0 unspecified atom stereocenters. The van der Waals surface area contributed by atoms with E-state index in [1.165, 1.54) is 17.4 Å². The van der Waals surface area contributed by atoms with Crippen molar-refractivity contribution in [2.75, 3.05) is 43.0 Å². The molecular formula is C22H22ClN3OS. The fourth-order valence-corrected chi connectivity index (χ4v) is 4.24. The molecule has 0 radical (unpaired) electrons. The van der Waals surface area contributed by atoms with Crippen LogP contribution in [0.15, 0.2) is 65.0 Å². The third kappa shape index (κ3) is 4.12. The van der Waals surface area contributed by atoms with Crippen molar-refractivity contribution >= 4 is 46.7 Å². The molecule has 4 nitrogen and oxygen atoms in total. The van der Waals surface area contributed by atoms with Crippen molar-refractivity contribution < 1.29 is 4.79 Å². The maximum Gasteiger partial charge on any atom is 0.269 e. The molecule has 2 aromatic rings. The molecule has 0 N–H and O–H groups in total. The number of hydrogen-bond donors (Lipinski definition) is 0. The van der Waals surface area contributed by atoms with Crippen molar-refractivity contribution in [3.05, 3.63) is 75.6 Å². The molecule has 1 fully saturated rings. The Balaban J connectivity index is 1.62. The minimum absolute atomic E-state index is 0.0250. The van der Waals surface area contributed by atoms with Crippen LogP contribution in [0.1, 0.15) is 5.56 Å². The van der Waals surface area contributed by atoms with Crippen molar-refractivity contribution in [3.8, 4) is 0 Å². The molecule has 1 saturated heterocycles. The van der Waals surface area contributed by atoms with Gasteiger partial charge in [-0.2, -0.15) is 0 Å². The van der Waals surface area contributed by atoms with E-state index in [0.29, 0.717) is 9.93 Å². The number of likely N-dealkylation sites (N-methyl/N-ethyl adjacent to an activating group) is 1. The van der Waals surface area contributed by atoms with Gasteiger partial charge in [0.1, 0.15) is 0 Å². The first-order valence-electron chi connectivity index (χ1n) is 9.28. The summed E-state index contributed by atoms with van der Waals surface area (Å²) in [6.07, 6.45) is 3.81. The number of halogens is 1. The first-order valence-corrected chi connectivity index (χ1v) is 10.5. The summed E-state index contributed by atoms with van der Waals surface area (Å²) in [5.74, 6) is -0.0250. The zero-order chi connectivity index (χ0) is 19.5. The maximum absolute atomic E-state index is 13.1. The van der Waals surface area contributed by atoms with E-state index in [4.69, 9.17) is 11.6 Å². The SMILES string of the molecule is CN1CCN(c2ccccc2/C=C2\SC=CN(c3ccc(Cl)cc3)C2=O)CC1. The quantitative estimate of drug-likeness (QED) is 0.685. The van der Waals surface area contributed by atoms with Crippen LogP contribution >= 0.6 is 23.4 Å². The highest BCUT2D eigenvalue weighted by atomic mass is 35.5. The van der Waals surface area contributed by atoms with Gasteiger partial charge in [-0.25, -0.2) is 0 Å². The third-order valence-corrected chi connectivity index (χ3v) is 6.06. The van der Waals surface area contributed by atoms with Gasteiger partial charge in [-0.3, -0.25) is 9.69 Å². The molecule has 0 atom stereocenters. The number of rotatable bonds is 3. The Morgan fingerprint density at radius 2 is 1.71 bits per heavy atom. The van der Waals surface area contributed by atoms with Crippen LogP contribution < -0.4 is 9.80 Å². The zero-order valence-electron chi connectivity index (χ0n) is 15.7. The topological polar surface area (TPSA) is 26.8 Å². The second-order valence-electron chi connectivity index (χ2n) is 6.91. The lowest BCUT2D eigenvalue weighted by Gasteiger charge is -2.35. The van der Waals surface area contributed by atoms with Crippen molar-refractivity contribution in [1.29, 1.82) is 0 Å². The monoisotopic (exact) mass is 411 g/mol. The highest BCUT2D eigenvalue weighted by Gasteiger charge is 2.23.